The molecule has 0 radical (unpaired) electrons. The summed E-state index contributed by atoms with van der Waals surface area (Å²) in [5.41, 5.74) is 9.07. The number of benzene rings is 3. The van der Waals surface area contributed by atoms with Gasteiger partial charge in [-0.15, -0.1) is 0 Å². The molecular formula is C24H20Cl2N2O5. The van der Waals surface area contributed by atoms with Gasteiger partial charge in [0.25, 0.3) is 0 Å². The Morgan fingerprint density at radius 1 is 1.15 bits per heavy atom. The van der Waals surface area contributed by atoms with Crippen LogP contribution in [0.4, 0.5) is 0 Å². The molecule has 0 aliphatic carbocycles. The van der Waals surface area contributed by atoms with Crippen LogP contribution in [0.1, 0.15) is 11.1 Å². The van der Waals surface area contributed by atoms with Gasteiger partial charge in [-0.1, -0.05) is 35.3 Å². The van der Waals surface area contributed by atoms with Crippen molar-refractivity contribution in [2.24, 2.45) is 5.73 Å². The zero-order valence-electron chi connectivity index (χ0n) is 17.5. The van der Waals surface area contributed by atoms with Crippen molar-refractivity contribution in [1.29, 1.82) is 0 Å². The highest BCUT2D eigenvalue weighted by Crippen LogP contribution is 2.36. The fourth-order valence-corrected chi connectivity index (χ4v) is 3.98. The fourth-order valence-electron chi connectivity index (χ4n) is 3.34. The lowest BCUT2D eigenvalue weighted by molar-refractivity contribution is -0.138. The van der Waals surface area contributed by atoms with Gasteiger partial charge >= 0.3 is 5.97 Å². The molecule has 9 heteroatoms. The summed E-state index contributed by atoms with van der Waals surface area (Å²) < 4.78 is 17.1. The third kappa shape index (κ3) is 5.06. The van der Waals surface area contributed by atoms with E-state index in [0.29, 0.717) is 22.6 Å². The molecule has 0 saturated carbocycles. The molecule has 1 aromatic heterocycles. The Bertz CT molecular complexity index is 1280. The van der Waals surface area contributed by atoms with Crippen molar-refractivity contribution < 1.29 is 23.8 Å². The van der Waals surface area contributed by atoms with Gasteiger partial charge in [-0.2, -0.15) is 0 Å². The highest BCUT2D eigenvalue weighted by atomic mass is 35.5. The first-order chi connectivity index (χ1) is 15.9. The molecule has 0 amide bonds. The third-order valence-electron chi connectivity index (χ3n) is 5.04. The van der Waals surface area contributed by atoms with E-state index in [1.165, 1.54) is 0 Å². The molecule has 0 fully saturated rings. The Balaban J connectivity index is 1.56. The molecule has 1 atom stereocenters. The molecule has 0 aliphatic heterocycles. The second-order valence-electron chi connectivity index (χ2n) is 7.34. The molecule has 7 nitrogen and oxygen atoms in total. The number of para-hydroxylation sites is 1. The summed E-state index contributed by atoms with van der Waals surface area (Å²) in [7, 11) is 1.61. The van der Waals surface area contributed by atoms with E-state index in [1.54, 1.807) is 19.2 Å². The maximum Gasteiger partial charge on any atom is 0.320 e. The quantitative estimate of drug-likeness (QED) is 0.345. The normalized spacial score (nSPS) is 12.0. The van der Waals surface area contributed by atoms with Crippen LogP contribution in [0.3, 0.4) is 0 Å². The summed E-state index contributed by atoms with van der Waals surface area (Å²) in [5, 5.41) is 9.52. The van der Waals surface area contributed by atoms with Crippen molar-refractivity contribution in [3.05, 3.63) is 75.8 Å². The van der Waals surface area contributed by atoms with E-state index in [0.717, 1.165) is 16.9 Å². The van der Waals surface area contributed by atoms with Crippen molar-refractivity contribution in [3.63, 3.8) is 0 Å². The van der Waals surface area contributed by atoms with Crippen LogP contribution in [0.25, 0.3) is 22.6 Å². The third-order valence-corrected chi connectivity index (χ3v) is 5.60. The van der Waals surface area contributed by atoms with Gasteiger partial charge in [0, 0.05) is 11.1 Å². The van der Waals surface area contributed by atoms with E-state index in [2.05, 4.69) is 4.98 Å². The first-order valence-corrected chi connectivity index (χ1v) is 10.7. The lowest BCUT2D eigenvalue weighted by Crippen LogP contribution is -2.32. The van der Waals surface area contributed by atoms with Gasteiger partial charge in [-0.25, -0.2) is 4.98 Å². The van der Waals surface area contributed by atoms with E-state index in [9.17, 15) is 4.79 Å². The maximum absolute atomic E-state index is 11.0. The summed E-state index contributed by atoms with van der Waals surface area (Å²) in [6.07, 6.45) is 0.0978. The minimum atomic E-state index is -1.10. The number of nitrogens with two attached hydrogens (primary N) is 1. The number of hydrogen-bond acceptors (Lipinski definition) is 6. The van der Waals surface area contributed by atoms with Crippen molar-refractivity contribution >= 4 is 40.3 Å². The number of nitrogens with zero attached hydrogens (tertiary/aromatic N) is 1. The number of halogens is 2. The number of fused-ring (bicyclic) bond motifs is 1. The lowest BCUT2D eigenvalue weighted by atomic mass is 10.1. The van der Waals surface area contributed by atoms with E-state index in [-0.39, 0.29) is 28.8 Å². The number of carboxylic acids is 1. The van der Waals surface area contributed by atoms with Crippen molar-refractivity contribution in [2.45, 2.75) is 19.1 Å². The monoisotopic (exact) mass is 486 g/mol. The Morgan fingerprint density at radius 3 is 2.48 bits per heavy atom. The Hall–Kier alpha value is -3.26. The van der Waals surface area contributed by atoms with Gasteiger partial charge in [0.05, 0.1) is 17.2 Å². The van der Waals surface area contributed by atoms with Crippen LogP contribution in [0.2, 0.25) is 10.0 Å². The van der Waals surface area contributed by atoms with Gasteiger partial charge in [-0.3, -0.25) is 4.79 Å². The zero-order chi connectivity index (χ0) is 23.5. The number of ether oxygens (including phenoxy) is 2. The van der Waals surface area contributed by atoms with Crippen molar-refractivity contribution in [1.82, 2.24) is 4.98 Å². The van der Waals surface area contributed by atoms with Gasteiger partial charge in [0.2, 0.25) is 5.89 Å². The molecule has 3 N–H and O–H groups in total. The second kappa shape index (κ2) is 9.70. The van der Waals surface area contributed by atoms with E-state index >= 15 is 0 Å². The molecule has 1 unspecified atom stereocenters. The van der Waals surface area contributed by atoms with Gasteiger partial charge in [0.15, 0.2) is 11.3 Å². The van der Waals surface area contributed by atoms with Crippen molar-refractivity contribution in [3.8, 4) is 23.0 Å². The summed E-state index contributed by atoms with van der Waals surface area (Å²) >= 11 is 12.7. The van der Waals surface area contributed by atoms with Crippen LogP contribution >= 0.6 is 23.2 Å². The minimum Gasteiger partial charge on any atom is -0.497 e. The van der Waals surface area contributed by atoms with Crippen LogP contribution in [0, 0.1) is 0 Å². The number of rotatable bonds is 8. The van der Waals surface area contributed by atoms with Crippen LogP contribution in [0.5, 0.6) is 11.5 Å². The Kier molecular flexibility index (Phi) is 6.74. The zero-order valence-corrected chi connectivity index (χ0v) is 19.1. The van der Waals surface area contributed by atoms with Crippen LogP contribution in [-0.4, -0.2) is 29.2 Å². The SMILES string of the molecule is COc1ccc(-c2nc3cccc(COc4c(Cl)cc(CC(N)C(=O)O)cc4Cl)c3o2)cc1. The molecule has 0 spiro atoms. The van der Waals surface area contributed by atoms with Crippen LogP contribution in [0.15, 0.2) is 59.0 Å². The number of carboxylic acid groups (broad SMARTS) is 1. The van der Waals surface area contributed by atoms with Gasteiger partial charge in [0.1, 0.15) is 23.9 Å². The Labute approximate surface area is 199 Å². The summed E-state index contributed by atoms with van der Waals surface area (Å²) in [4.78, 5) is 15.6. The number of carbonyl (C=O) groups is 1. The lowest BCUT2D eigenvalue weighted by Gasteiger charge is -2.13. The average Bonchev–Trinajstić information content (AvgIpc) is 3.23. The topological polar surface area (TPSA) is 108 Å². The number of oxazole rings is 1. The molecule has 0 saturated heterocycles. The van der Waals surface area contributed by atoms with E-state index in [4.69, 9.17) is 47.9 Å². The predicted octanol–water partition coefficient (Wildman–Crippen LogP) is 5.34. The molecule has 33 heavy (non-hydrogen) atoms. The molecule has 0 bridgehead atoms. The minimum absolute atomic E-state index is 0.0978. The average molecular weight is 487 g/mol. The first-order valence-electron chi connectivity index (χ1n) is 9.97. The number of aliphatic carboxylic acids is 1. The maximum atomic E-state index is 11.0. The molecule has 170 valence electrons. The molecule has 3 aromatic carbocycles. The number of hydrogen-bond donors (Lipinski definition) is 2. The molecule has 4 rings (SSSR count). The Morgan fingerprint density at radius 2 is 1.85 bits per heavy atom. The summed E-state index contributed by atoms with van der Waals surface area (Å²) in [5.74, 6) is 0.415. The summed E-state index contributed by atoms with van der Waals surface area (Å²) in [6, 6.07) is 15.2. The highest BCUT2D eigenvalue weighted by molar-refractivity contribution is 6.37. The molecular weight excluding hydrogens is 467 g/mol. The molecule has 1 heterocycles. The predicted molar refractivity (Wildman–Crippen MR) is 126 cm³/mol. The van der Waals surface area contributed by atoms with Crippen LogP contribution < -0.4 is 15.2 Å². The first kappa shape index (κ1) is 22.9. The van der Waals surface area contributed by atoms with E-state index < -0.39 is 12.0 Å². The van der Waals surface area contributed by atoms with Crippen molar-refractivity contribution in [2.75, 3.05) is 7.11 Å². The van der Waals surface area contributed by atoms with Crippen LogP contribution in [-0.2, 0) is 17.8 Å². The summed E-state index contributed by atoms with van der Waals surface area (Å²) in [6.45, 7) is 0.141. The largest absolute Gasteiger partial charge is 0.497 e. The fraction of sp³-hybridized carbons (Fsp3) is 0.167. The standard InChI is InChI=1S/C24H20Cl2N2O5/c1-31-16-7-5-14(6-8-16)23-28-20-4-2-3-15(21(20)33-23)12-32-22-17(25)9-13(10-18(22)26)11-19(27)24(29)30/h2-10,19H,11-12,27H2,1H3,(H,29,30). The number of methoxy groups -OCH3 is 1. The van der Waals surface area contributed by atoms with Gasteiger partial charge < -0.3 is 24.7 Å². The highest BCUT2D eigenvalue weighted by Gasteiger charge is 2.17. The smallest absolute Gasteiger partial charge is 0.320 e. The molecule has 4 aromatic rings. The second-order valence-corrected chi connectivity index (χ2v) is 8.15. The van der Waals surface area contributed by atoms with E-state index in [1.807, 2.05) is 42.5 Å². The van der Waals surface area contributed by atoms with Gasteiger partial charge in [-0.05, 0) is 54.4 Å². The number of aromatic nitrogens is 1. The molecule has 0 aliphatic rings.